The second-order valence-corrected chi connectivity index (χ2v) is 7.12. The van der Waals surface area contributed by atoms with Crippen molar-refractivity contribution in [2.75, 3.05) is 0 Å². The third kappa shape index (κ3) is 2.23. The van der Waals surface area contributed by atoms with Crippen molar-refractivity contribution in [2.45, 2.75) is 41.5 Å². The lowest BCUT2D eigenvalue weighted by molar-refractivity contribution is 0.551. The van der Waals surface area contributed by atoms with Crippen LogP contribution in [0, 0.1) is 17.3 Å². The number of rotatable bonds is 2. The number of halogens is 2. The summed E-state index contributed by atoms with van der Waals surface area (Å²) >= 11 is 12.8. The topological polar surface area (TPSA) is 0 Å². The van der Waals surface area contributed by atoms with Crippen LogP contribution in [0.3, 0.4) is 0 Å². The van der Waals surface area contributed by atoms with E-state index in [2.05, 4.69) is 53.7 Å². The SMILES string of the molecule is CC1=C(Cl)C(C)C=C1C(C)(C)C1=CC(C)C(Cl)=C1C. The van der Waals surface area contributed by atoms with Crippen molar-refractivity contribution in [3.05, 3.63) is 44.5 Å². The van der Waals surface area contributed by atoms with Gasteiger partial charge in [-0.15, -0.1) is 0 Å². The van der Waals surface area contributed by atoms with Gasteiger partial charge >= 0.3 is 0 Å². The molecule has 2 unspecified atom stereocenters. The molecule has 2 aliphatic rings. The van der Waals surface area contributed by atoms with Crippen LogP contribution in [0.25, 0.3) is 0 Å². The maximum Gasteiger partial charge on any atom is 0.0279 e. The normalized spacial score (nSPS) is 28.2. The molecule has 0 bridgehead atoms. The number of hydrogen-bond acceptors (Lipinski definition) is 0. The van der Waals surface area contributed by atoms with E-state index in [4.69, 9.17) is 23.2 Å². The predicted molar refractivity (Wildman–Crippen MR) is 85.4 cm³/mol. The first-order valence-electron chi connectivity index (χ1n) is 6.85. The summed E-state index contributed by atoms with van der Waals surface area (Å²) in [5.41, 5.74) is 5.10. The van der Waals surface area contributed by atoms with E-state index >= 15 is 0 Å². The fourth-order valence-corrected chi connectivity index (χ4v) is 3.67. The van der Waals surface area contributed by atoms with E-state index in [1.165, 1.54) is 22.3 Å². The molecular weight excluding hydrogens is 275 g/mol. The van der Waals surface area contributed by atoms with E-state index in [1.54, 1.807) is 0 Å². The zero-order valence-corrected chi connectivity index (χ0v) is 14.1. The standard InChI is InChI=1S/C17H22Cl2/c1-9-7-13(11(3)15(9)18)17(5,6)14-8-10(2)16(19)12(14)4/h7-10H,1-6H3. The maximum absolute atomic E-state index is 6.38. The van der Waals surface area contributed by atoms with Crippen LogP contribution in [-0.2, 0) is 0 Å². The maximum atomic E-state index is 6.38. The molecule has 0 aromatic rings. The zero-order chi connectivity index (χ0) is 14.5. The molecule has 2 heteroatoms. The van der Waals surface area contributed by atoms with Crippen LogP contribution in [0.1, 0.15) is 41.5 Å². The van der Waals surface area contributed by atoms with Gasteiger partial charge in [0.2, 0.25) is 0 Å². The van der Waals surface area contributed by atoms with Gasteiger partial charge in [0.05, 0.1) is 0 Å². The monoisotopic (exact) mass is 296 g/mol. The molecule has 0 amide bonds. The highest BCUT2D eigenvalue weighted by Crippen LogP contribution is 2.51. The van der Waals surface area contributed by atoms with E-state index in [1.807, 2.05) is 0 Å². The highest BCUT2D eigenvalue weighted by Gasteiger charge is 2.37. The first-order chi connectivity index (χ1) is 8.67. The molecular formula is C17H22Cl2. The molecule has 0 aromatic heterocycles. The Bertz CT molecular complexity index is 494. The Morgan fingerprint density at radius 2 is 1.16 bits per heavy atom. The molecule has 2 aliphatic carbocycles. The smallest absolute Gasteiger partial charge is 0.0279 e. The summed E-state index contributed by atoms with van der Waals surface area (Å²) in [5.74, 6) is 0.658. The Morgan fingerprint density at radius 1 is 0.842 bits per heavy atom. The molecule has 0 saturated carbocycles. The summed E-state index contributed by atoms with van der Waals surface area (Å²) < 4.78 is 0. The summed E-state index contributed by atoms with van der Waals surface area (Å²) in [4.78, 5) is 0. The molecule has 19 heavy (non-hydrogen) atoms. The fraction of sp³-hybridized carbons (Fsp3) is 0.529. The minimum Gasteiger partial charge on any atom is -0.0882 e. The van der Waals surface area contributed by atoms with Gasteiger partial charge in [-0.3, -0.25) is 0 Å². The third-order valence-corrected chi connectivity index (χ3v) is 5.76. The van der Waals surface area contributed by atoms with Gasteiger partial charge in [0.1, 0.15) is 0 Å². The van der Waals surface area contributed by atoms with Crippen LogP contribution >= 0.6 is 23.2 Å². The molecule has 0 N–H and O–H groups in total. The van der Waals surface area contributed by atoms with E-state index in [-0.39, 0.29) is 5.41 Å². The van der Waals surface area contributed by atoms with Gasteiger partial charge in [0.15, 0.2) is 0 Å². The molecule has 0 nitrogen and oxygen atoms in total. The van der Waals surface area contributed by atoms with Gasteiger partial charge in [-0.1, -0.05) is 63.0 Å². The van der Waals surface area contributed by atoms with E-state index in [9.17, 15) is 0 Å². The van der Waals surface area contributed by atoms with Crippen molar-refractivity contribution < 1.29 is 0 Å². The highest BCUT2D eigenvalue weighted by atomic mass is 35.5. The minimum absolute atomic E-state index is 0.0377. The molecule has 0 radical (unpaired) electrons. The van der Waals surface area contributed by atoms with Crippen molar-refractivity contribution >= 4 is 23.2 Å². The van der Waals surface area contributed by atoms with Gasteiger partial charge in [0.25, 0.3) is 0 Å². The van der Waals surface area contributed by atoms with Gasteiger partial charge in [-0.25, -0.2) is 0 Å². The molecule has 0 spiro atoms. The van der Waals surface area contributed by atoms with Crippen LogP contribution in [0.5, 0.6) is 0 Å². The molecule has 104 valence electrons. The lowest BCUT2D eigenvalue weighted by Crippen LogP contribution is -2.18. The Morgan fingerprint density at radius 3 is 1.37 bits per heavy atom. The lowest BCUT2D eigenvalue weighted by atomic mass is 9.73. The fourth-order valence-electron chi connectivity index (χ4n) is 3.34. The van der Waals surface area contributed by atoms with Crippen molar-refractivity contribution in [1.82, 2.24) is 0 Å². The molecule has 2 rings (SSSR count). The quantitative estimate of drug-likeness (QED) is 0.570. The van der Waals surface area contributed by atoms with Crippen molar-refractivity contribution in [3.8, 4) is 0 Å². The second kappa shape index (κ2) is 4.82. The molecule has 0 aromatic carbocycles. The summed E-state index contributed by atoms with van der Waals surface area (Å²) in [6.45, 7) is 13.1. The lowest BCUT2D eigenvalue weighted by Gasteiger charge is -2.30. The van der Waals surface area contributed by atoms with Crippen molar-refractivity contribution in [1.29, 1.82) is 0 Å². The Balaban J connectivity index is 2.47. The molecule has 0 heterocycles. The molecule has 0 saturated heterocycles. The first-order valence-corrected chi connectivity index (χ1v) is 7.61. The summed E-state index contributed by atoms with van der Waals surface area (Å²) in [6.07, 6.45) is 4.59. The first kappa shape index (κ1) is 14.9. The summed E-state index contributed by atoms with van der Waals surface area (Å²) in [5, 5.41) is 1.95. The van der Waals surface area contributed by atoms with E-state index in [0.717, 1.165) is 10.1 Å². The molecule has 0 aliphatic heterocycles. The largest absolute Gasteiger partial charge is 0.0882 e. The van der Waals surface area contributed by atoms with Crippen LogP contribution in [0.15, 0.2) is 44.5 Å². The van der Waals surface area contributed by atoms with Crippen LogP contribution in [0.4, 0.5) is 0 Å². The van der Waals surface area contributed by atoms with E-state index in [0.29, 0.717) is 11.8 Å². The number of hydrogen-bond donors (Lipinski definition) is 0. The average Bonchev–Trinajstić information content (AvgIpc) is 2.75. The minimum atomic E-state index is -0.0377. The van der Waals surface area contributed by atoms with Crippen LogP contribution < -0.4 is 0 Å². The zero-order valence-electron chi connectivity index (χ0n) is 12.6. The van der Waals surface area contributed by atoms with Gasteiger partial charge in [-0.05, 0) is 36.1 Å². The second-order valence-electron chi connectivity index (χ2n) is 6.31. The van der Waals surface area contributed by atoms with Gasteiger partial charge in [-0.2, -0.15) is 0 Å². The highest BCUT2D eigenvalue weighted by molar-refractivity contribution is 6.31. The Kier molecular flexibility index (Phi) is 3.79. The van der Waals surface area contributed by atoms with Crippen LogP contribution in [-0.4, -0.2) is 0 Å². The van der Waals surface area contributed by atoms with Crippen molar-refractivity contribution in [3.63, 3.8) is 0 Å². The Hall–Kier alpha value is -0.460. The van der Waals surface area contributed by atoms with E-state index < -0.39 is 0 Å². The van der Waals surface area contributed by atoms with Crippen molar-refractivity contribution in [2.24, 2.45) is 17.3 Å². The molecule has 0 fully saturated rings. The third-order valence-electron chi connectivity index (χ3n) is 4.50. The number of allylic oxidation sites excluding steroid dienone is 8. The van der Waals surface area contributed by atoms with Crippen LogP contribution in [0.2, 0.25) is 0 Å². The molecule has 2 atom stereocenters. The van der Waals surface area contributed by atoms with Gasteiger partial charge in [0, 0.05) is 27.3 Å². The summed E-state index contributed by atoms with van der Waals surface area (Å²) in [6, 6.07) is 0. The Labute approximate surface area is 126 Å². The average molecular weight is 297 g/mol. The predicted octanol–water partition coefficient (Wildman–Crippen LogP) is 6.19. The summed E-state index contributed by atoms with van der Waals surface area (Å²) in [7, 11) is 0. The van der Waals surface area contributed by atoms with Gasteiger partial charge < -0.3 is 0 Å².